The Morgan fingerprint density at radius 1 is 1.42 bits per heavy atom. The molecule has 0 fully saturated rings. The van der Waals surface area contributed by atoms with Crippen molar-refractivity contribution >= 4 is 23.2 Å². The van der Waals surface area contributed by atoms with E-state index in [-0.39, 0.29) is 5.91 Å². The lowest BCUT2D eigenvalue weighted by Crippen LogP contribution is -2.35. The second kappa shape index (κ2) is 6.19. The highest BCUT2D eigenvalue weighted by Gasteiger charge is 2.18. The normalized spacial score (nSPS) is 11.8. The van der Waals surface area contributed by atoms with Gasteiger partial charge in [0.2, 0.25) is 0 Å². The molecule has 0 radical (unpaired) electrons. The summed E-state index contributed by atoms with van der Waals surface area (Å²) in [5, 5.41) is 4.66. The van der Waals surface area contributed by atoms with Crippen LogP contribution in [0.15, 0.2) is 35.8 Å². The van der Waals surface area contributed by atoms with E-state index in [0.29, 0.717) is 12.2 Å². The van der Waals surface area contributed by atoms with Gasteiger partial charge in [-0.2, -0.15) is 0 Å². The van der Waals surface area contributed by atoms with Gasteiger partial charge in [-0.3, -0.25) is 4.79 Å². The predicted octanol–water partition coefficient (Wildman–Crippen LogP) is 1.94. The summed E-state index contributed by atoms with van der Waals surface area (Å²) in [5.74, 6) is -0.850. The van der Waals surface area contributed by atoms with Gasteiger partial charge in [0.1, 0.15) is 5.69 Å². The van der Waals surface area contributed by atoms with E-state index in [1.807, 2.05) is 17.5 Å². The summed E-state index contributed by atoms with van der Waals surface area (Å²) in [6, 6.07) is 7.14. The molecule has 0 aromatic carbocycles. The molecule has 100 valence electrons. The molecule has 1 amide bonds. The number of ether oxygens (including phenoxy) is 1. The first kappa shape index (κ1) is 13.4. The Bertz CT molecular complexity index is 534. The third-order valence-corrected chi connectivity index (χ3v) is 3.36. The summed E-state index contributed by atoms with van der Waals surface area (Å²) < 4.78 is 5.05. The standard InChI is InChI=1S/C13H14N2O3S/c1-9(18-13(17)11-5-2-6-14-11)12(16)15-8-10-4-3-7-19-10/h2-7,9,14H,8H2,1H3,(H,15,16)/t9-/m0/s1. The van der Waals surface area contributed by atoms with Crippen molar-refractivity contribution in [1.82, 2.24) is 10.3 Å². The summed E-state index contributed by atoms with van der Waals surface area (Å²) in [4.78, 5) is 27.2. The van der Waals surface area contributed by atoms with Gasteiger partial charge in [0.15, 0.2) is 6.10 Å². The SMILES string of the molecule is C[C@H](OC(=O)c1ccc[nH]1)C(=O)NCc1cccs1. The van der Waals surface area contributed by atoms with Crippen LogP contribution in [0.5, 0.6) is 0 Å². The quantitative estimate of drug-likeness (QED) is 0.821. The molecule has 5 nitrogen and oxygen atoms in total. The highest BCUT2D eigenvalue weighted by molar-refractivity contribution is 7.09. The number of hydrogen-bond donors (Lipinski definition) is 2. The first-order valence-corrected chi connectivity index (χ1v) is 6.69. The van der Waals surface area contributed by atoms with Gasteiger partial charge in [0.25, 0.3) is 5.91 Å². The number of carbonyl (C=O) groups is 2. The summed E-state index contributed by atoms with van der Waals surface area (Å²) in [6.45, 7) is 1.99. The zero-order chi connectivity index (χ0) is 13.7. The van der Waals surface area contributed by atoms with Crippen LogP contribution in [0.1, 0.15) is 22.3 Å². The number of esters is 1. The maximum absolute atomic E-state index is 11.7. The smallest absolute Gasteiger partial charge is 0.355 e. The number of aromatic amines is 1. The lowest BCUT2D eigenvalue weighted by Gasteiger charge is -2.12. The number of nitrogens with one attached hydrogen (secondary N) is 2. The molecule has 0 aliphatic rings. The van der Waals surface area contributed by atoms with Gasteiger partial charge >= 0.3 is 5.97 Å². The second-order valence-corrected chi connectivity index (χ2v) is 4.96. The zero-order valence-electron chi connectivity index (χ0n) is 10.4. The van der Waals surface area contributed by atoms with Gasteiger partial charge in [-0.1, -0.05) is 6.07 Å². The molecular weight excluding hydrogens is 264 g/mol. The van der Waals surface area contributed by atoms with E-state index in [2.05, 4.69) is 10.3 Å². The third-order valence-electron chi connectivity index (χ3n) is 2.49. The number of rotatable bonds is 5. The Kier molecular flexibility index (Phi) is 4.35. The molecule has 2 heterocycles. The Morgan fingerprint density at radius 2 is 2.26 bits per heavy atom. The van der Waals surface area contributed by atoms with Gasteiger partial charge in [-0.05, 0) is 30.5 Å². The van der Waals surface area contributed by atoms with Crippen LogP contribution in [0.2, 0.25) is 0 Å². The first-order valence-electron chi connectivity index (χ1n) is 5.81. The van der Waals surface area contributed by atoms with E-state index < -0.39 is 12.1 Å². The van der Waals surface area contributed by atoms with Crippen molar-refractivity contribution in [2.24, 2.45) is 0 Å². The lowest BCUT2D eigenvalue weighted by molar-refractivity contribution is -0.129. The molecule has 0 bridgehead atoms. The second-order valence-electron chi connectivity index (χ2n) is 3.93. The molecule has 2 aromatic heterocycles. The molecule has 0 spiro atoms. The molecule has 2 N–H and O–H groups in total. The fraction of sp³-hybridized carbons (Fsp3) is 0.231. The van der Waals surface area contributed by atoms with Crippen LogP contribution in [0.4, 0.5) is 0 Å². The van der Waals surface area contributed by atoms with Gasteiger partial charge in [-0.15, -0.1) is 11.3 Å². The van der Waals surface area contributed by atoms with E-state index in [0.717, 1.165) is 4.88 Å². The largest absolute Gasteiger partial charge is 0.448 e. The Morgan fingerprint density at radius 3 is 2.89 bits per heavy atom. The van der Waals surface area contributed by atoms with Gasteiger partial charge in [0.05, 0.1) is 6.54 Å². The van der Waals surface area contributed by atoms with Crippen LogP contribution >= 0.6 is 11.3 Å². The number of hydrogen-bond acceptors (Lipinski definition) is 4. The molecule has 1 atom stereocenters. The molecule has 0 aliphatic carbocycles. The maximum atomic E-state index is 11.7. The predicted molar refractivity (Wildman–Crippen MR) is 71.8 cm³/mol. The third kappa shape index (κ3) is 3.69. The van der Waals surface area contributed by atoms with Gasteiger partial charge in [0, 0.05) is 11.1 Å². The van der Waals surface area contributed by atoms with Crippen molar-refractivity contribution in [2.45, 2.75) is 19.6 Å². The Labute approximate surface area is 114 Å². The number of thiophene rings is 1. The average Bonchev–Trinajstić information content (AvgIpc) is 3.08. The average molecular weight is 278 g/mol. The van der Waals surface area contributed by atoms with E-state index >= 15 is 0 Å². The van der Waals surface area contributed by atoms with Crippen molar-refractivity contribution in [3.63, 3.8) is 0 Å². The zero-order valence-corrected chi connectivity index (χ0v) is 11.2. The number of H-pyrrole nitrogens is 1. The van der Waals surface area contributed by atoms with Crippen molar-refractivity contribution < 1.29 is 14.3 Å². The summed E-state index contributed by atoms with van der Waals surface area (Å²) in [5.41, 5.74) is 0.331. The van der Waals surface area contributed by atoms with Crippen LogP contribution in [0, 0.1) is 0 Å². The van der Waals surface area contributed by atoms with Crippen molar-refractivity contribution in [1.29, 1.82) is 0 Å². The van der Waals surface area contributed by atoms with Crippen LogP contribution in [-0.4, -0.2) is 23.0 Å². The highest BCUT2D eigenvalue weighted by Crippen LogP contribution is 2.08. The molecule has 0 unspecified atom stereocenters. The van der Waals surface area contributed by atoms with Gasteiger partial charge in [-0.25, -0.2) is 4.79 Å². The Balaban J connectivity index is 1.80. The summed E-state index contributed by atoms with van der Waals surface area (Å²) in [7, 11) is 0. The minimum absolute atomic E-state index is 0.312. The van der Waals surface area contributed by atoms with Crippen LogP contribution in [0.3, 0.4) is 0 Å². The van der Waals surface area contributed by atoms with E-state index in [9.17, 15) is 9.59 Å². The summed E-state index contributed by atoms with van der Waals surface area (Å²) in [6.07, 6.45) is 0.800. The topological polar surface area (TPSA) is 71.2 Å². The molecule has 0 saturated heterocycles. The van der Waals surface area contributed by atoms with Crippen molar-refractivity contribution in [3.05, 3.63) is 46.4 Å². The number of aromatic nitrogens is 1. The van der Waals surface area contributed by atoms with Crippen molar-refractivity contribution in [2.75, 3.05) is 0 Å². The number of carbonyl (C=O) groups excluding carboxylic acids is 2. The van der Waals surface area contributed by atoms with Gasteiger partial charge < -0.3 is 15.0 Å². The fourth-order valence-electron chi connectivity index (χ4n) is 1.47. The lowest BCUT2D eigenvalue weighted by atomic mass is 10.3. The summed E-state index contributed by atoms with van der Waals surface area (Å²) >= 11 is 1.56. The number of amides is 1. The van der Waals surface area contributed by atoms with E-state index in [4.69, 9.17) is 4.74 Å². The maximum Gasteiger partial charge on any atom is 0.355 e. The monoisotopic (exact) mass is 278 g/mol. The molecule has 6 heteroatoms. The molecule has 0 aliphatic heterocycles. The molecular formula is C13H14N2O3S. The molecule has 19 heavy (non-hydrogen) atoms. The minimum Gasteiger partial charge on any atom is -0.448 e. The Hall–Kier alpha value is -2.08. The van der Waals surface area contributed by atoms with Crippen LogP contribution < -0.4 is 5.32 Å². The highest BCUT2D eigenvalue weighted by atomic mass is 32.1. The first-order chi connectivity index (χ1) is 9.16. The van der Waals surface area contributed by atoms with Crippen molar-refractivity contribution in [3.8, 4) is 0 Å². The molecule has 2 aromatic rings. The van der Waals surface area contributed by atoms with E-state index in [1.54, 1.807) is 36.6 Å². The minimum atomic E-state index is -0.823. The molecule has 2 rings (SSSR count). The van der Waals surface area contributed by atoms with Crippen LogP contribution in [-0.2, 0) is 16.1 Å². The van der Waals surface area contributed by atoms with E-state index in [1.165, 1.54) is 0 Å². The van der Waals surface area contributed by atoms with Crippen LogP contribution in [0.25, 0.3) is 0 Å². The molecule has 0 saturated carbocycles. The fourth-order valence-corrected chi connectivity index (χ4v) is 2.11.